The second-order valence-corrected chi connectivity index (χ2v) is 4.63. The standard InChI is InChI=1S/C13H16FN/c1-9(2)10-5-6-12(14)11(7-10)13(3,4)8-15/h5-7,9H,1-4H3. The molecule has 0 aliphatic rings. The molecule has 1 aromatic rings. The molecule has 0 aromatic heterocycles. The number of halogens is 1. The minimum atomic E-state index is -0.769. The van der Waals surface area contributed by atoms with Crippen molar-refractivity contribution >= 4 is 0 Å². The first-order valence-electron chi connectivity index (χ1n) is 5.09. The summed E-state index contributed by atoms with van der Waals surface area (Å²) in [6.07, 6.45) is 0. The van der Waals surface area contributed by atoms with Gasteiger partial charge in [0.15, 0.2) is 0 Å². The molecule has 0 bridgehead atoms. The Kier molecular flexibility index (Phi) is 3.14. The summed E-state index contributed by atoms with van der Waals surface area (Å²) in [6, 6.07) is 7.14. The largest absolute Gasteiger partial charge is 0.207 e. The molecule has 80 valence electrons. The van der Waals surface area contributed by atoms with E-state index in [4.69, 9.17) is 5.26 Å². The van der Waals surface area contributed by atoms with E-state index in [1.165, 1.54) is 6.07 Å². The molecule has 0 N–H and O–H groups in total. The quantitative estimate of drug-likeness (QED) is 0.721. The molecule has 0 aliphatic carbocycles. The number of rotatable bonds is 2. The Bertz CT molecular complexity index is 399. The van der Waals surface area contributed by atoms with Crippen LogP contribution in [0.15, 0.2) is 18.2 Å². The van der Waals surface area contributed by atoms with Crippen molar-refractivity contribution in [2.24, 2.45) is 0 Å². The molecule has 0 unspecified atom stereocenters. The third-order valence-corrected chi connectivity index (χ3v) is 2.61. The lowest BCUT2D eigenvalue weighted by Gasteiger charge is -2.18. The van der Waals surface area contributed by atoms with Crippen LogP contribution in [0.3, 0.4) is 0 Å². The van der Waals surface area contributed by atoms with Crippen LogP contribution in [0.4, 0.5) is 4.39 Å². The van der Waals surface area contributed by atoms with Gasteiger partial charge in [0.05, 0.1) is 11.5 Å². The lowest BCUT2D eigenvalue weighted by atomic mass is 9.84. The van der Waals surface area contributed by atoms with E-state index in [9.17, 15) is 4.39 Å². The fourth-order valence-corrected chi connectivity index (χ4v) is 1.44. The van der Waals surface area contributed by atoms with Crippen LogP contribution in [0.1, 0.15) is 44.7 Å². The minimum absolute atomic E-state index is 0.300. The van der Waals surface area contributed by atoms with E-state index in [2.05, 4.69) is 19.9 Å². The van der Waals surface area contributed by atoms with Crippen molar-refractivity contribution < 1.29 is 4.39 Å². The molecule has 0 radical (unpaired) electrons. The van der Waals surface area contributed by atoms with E-state index in [-0.39, 0.29) is 5.82 Å². The molecular formula is C13H16FN. The molecule has 1 rings (SSSR count). The van der Waals surface area contributed by atoms with Gasteiger partial charge in [-0.05, 0) is 31.4 Å². The molecule has 0 saturated heterocycles. The third kappa shape index (κ3) is 2.36. The first kappa shape index (κ1) is 11.7. The van der Waals surface area contributed by atoms with Gasteiger partial charge in [-0.3, -0.25) is 0 Å². The number of benzene rings is 1. The normalized spacial score (nSPS) is 11.5. The minimum Gasteiger partial charge on any atom is -0.207 e. The van der Waals surface area contributed by atoms with Crippen molar-refractivity contribution in [1.29, 1.82) is 5.26 Å². The molecule has 0 heterocycles. The average Bonchev–Trinajstić information content (AvgIpc) is 2.17. The fourth-order valence-electron chi connectivity index (χ4n) is 1.44. The van der Waals surface area contributed by atoms with Crippen LogP contribution < -0.4 is 0 Å². The Morgan fingerprint density at radius 3 is 2.40 bits per heavy atom. The molecule has 2 heteroatoms. The van der Waals surface area contributed by atoms with Crippen LogP contribution in [0, 0.1) is 17.1 Å². The second-order valence-electron chi connectivity index (χ2n) is 4.63. The Morgan fingerprint density at radius 2 is 1.93 bits per heavy atom. The monoisotopic (exact) mass is 205 g/mol. The molecule has 0 fully saturated rings. The van der Waals surface area contributed by atoms with Crippen LogP contribution >= 0.6 is 0 Å². The SMILES string of the molecule is CC(C)c1ccc(F)c(C(C)(C)C#N)c1. The zero-order chi connectivity index (χ0) is 11.6. The first-order chi connectivity index (χ1) is 6.88. The first-order valence-corrected chi connectivity index (χ1v) is 5.09. The van der Waals surface area contributed by atoms with Gasteiger partial charge in [0, 0.05) is 5.56 Å². The highest BCUT2D eigenvalue weighted by Crippen LogP contribution is 2.28. The third-order valence-electron chi connectivity index (χ3n) is 2.61. The predicted molar refractivity (Wildman–Crippen MR) is 59.1 cm³/mol. The Labute approximate surface area is 90.5 Å². The number of hydrogen-bond donors (Lipinski definition) is 0. The number of nitrogens with zero attached hydrogens (tertiary/aromatic N) is 1. The average molecular weight is 205 g/mol. The van der Waals surface area contributed by atoms with Gasteiger partial charge in [0.1, 0.15) is 5.82 Å². The van der Waals surface area contributed by atoms with Gasteiger partial charge in [-0.1, -0.05) is 26.0 Å². The highest BCUT2D eigenvalue weighted by molar-refractivity contribution is 5.36. The van der Waals surface area contributed by atoms with Gasteiger partial charge in [-0.15, -0.1) is 0 Å². The molecule has 0 amide bonds. The van der Waals surface area contributed by atoms with Gasteiger partial charge in [-0.2, -0.15) is 5.26 Å². The molecule has 1 aromatic carbocycles. The fraction of sp³-hybridized carbons (Fsp3) is 0.462. The van der Waals surface area contributed by atoms with Crippen LogP contribution in [0.25, 0.3) is 0 Å². The number of hydrogen-bond acceptors (Lipinski definition) is 1. The van der Waals surface area contributed by atoms with Gasteiger partial charge >= 0.3 is 0 Å². The van der Waals surface area contributed by atoms with Crippen LogP contribution in [0.2, 0.25) is 0 Å². The zero-order valence-electron chi connectivity index (χ0n) is 9.63. The maximum Gasteiger partial charge on any atom is 0.128 e. The molecule has 15 heavy (non-hydrogen) atoms. The van der Waals surface area contributed by atoms with Gasteiger partial charge in [0.25, 0.3) is 0 Å². The van der Waals surface area contributed by atoms with Gasteiger partial charge < -0.3 is 0 Å². The summed E-state index contributed by atoms with van der Waals surface area (Å²) >= 11 is 0. The maximum absolute atomic E-state index is 13.6. The van der Waals surface area contributed by atoms with E-state index >= 15 is 0 Å². The highest BCUT2D eigenvalue weighted by Gasteiger charge is 2.24. The Balaban J connectivity index is 3.30. The molecule has 0 aliphatic heterocycles. The molecule has 0 spiro atoms. The molecule has 0 saturated carbocycles. The summed E-state index contributed by atoms with van der Waals surface area (Å²) in [5, 5.41) is 8.98. The summed E-state index contributed by atoms with van der Waals surface area (Å²) < 4.78 is 13.6. The predicted octanol–water partition coefficient (Wildman–Crippen LogP) is 3.75. The van der Waals surface area contributed by atoms with Gasteiger partial charge in [0.2, 0.25) is 0 Å². The van der Waals surface area contributed by atoms with Crippen molar-refractivity contribution in [3.05, 3.63) is 35.1 Å². The van der Waals surface area contributed by atoms with Gasteiger partial charge in [-0.25, -0.2) is 4.39 Å². The second kappa shape index (κ2) is 4.02. The summed E-state index contributed by atoms with van der Waals surface area (Å²) in [5.41, 5.74) is 0.778. The van der Waals surface area contributed by atoms with Crippen LogP contribution in [-0.2, 0) is 5.41 Å². The van der Waals surface area contributed by atoms with E-state index in [1.54, 1.807) is 26.0 Å². The van der Waals surface area contributed by atoms with E-state index in [1.807, 2.05) is 0 Å². The van der Waals surface area contributed by atoms with Crippen molar-refractivity contribution in [3.8, 4) is 6.07 Å². The molecular weight excluding hydrogens is 189 g/mol. The van der Waals surface area contributed by atoms with Crippen molar-refractivity contribution in [2.75, 3.05) is 0 Å². The summed E-state index contributed by atoms with van der Waals surface area (Å²) in [4.78, 5) is 0. The van der Waals surface area contributed by atoms with Crippen LogP contribution in [-0.4, -0.2) is 0 Å². The maximum atomic E-state index is 13.6. The summed E-state index contributed by atoms with van der Waals surface area (Å²) in [7, 11) is 0. The van der Waals surface area contributed by atoms with Crippen LogP contribution in [0.5, 0.6) is 0 Å². The number of nitriles is 1. The lowest BCUT2D eigenvalue weighted by Crippen LogP contribution is -2.16. The highest BCUT2D eigenvalue weighted by atomic mass is 19.1. The van der Waals surface area contributed by atoms with Crippen molar-refractivity contribution in [3.63, 3.8) is 0 Å². The van der Waals surface area contributed by atoms with E-state index in [0.717, 1.165) is 5.56 Å². The Morgan fingerprint density at radius 1 is 1.33 bits per heavy atom. The topological polar surface area (TPSA) is 23.8 Å². The lowest BCUT2D eigenvalue weighted by molar-refractivity contribution is 0.562. The Hall–Kier alpha value is -1.36. The summed E-state index contributed by atoms with van der Waals surface area (Å²) in [6.45, 7) is 7.57. The molecule has 1 nitrogen and oxygen atoms in total. The smallest absolute Gasteiger partial charge is 0.128 e. The van der Waals surface area contributed by atoms with Crippen molar-refractivity contribution in [2.45, 2.75) is 39.0 Å². The van der Waals surface area contributed by atoms with E-state index in [0.29, 0.717) is 11.5 Å². The molecule has 0 atom stereocenters. The van der Waals surface area contributed by atoms with E-state index < -0.39 is 5.41 Å². The summed E-state index contributed by atoms with van der Waals surface area (Å²) in [5.74, 6) is 0.0461. The van der Waals surface area contributed by atoms with Crippen molar-refractivity contribution in [1.82, 2.24) is 0 Å². The zero-order valence-corrected chi connectivity index (χ0v) is 9.63.